The van der Waals surface area contributed by atoms with Crippen molar-refractivity contribution in [2.75, 3.05) is 23.4 Å². The number of carbonyl (C=O) groups excluding carboxylic acids is 2. The van der Waals surface area contributed by atoms with Crippen molar-refractivity contribution < 1.29 is 14.3 Å². The molecule has 0 aromatic heterocycles. The lowest BCUT2D eigenvalue weighted by Gasteiger charge is -2.22. The summed E-state index contributed by atoms with van der Waals surface area (Å²) in [5.41, 5.74) is 1.29. The van der Waals surface area contributed by atoms with Crippen molar-refractivity contribution in [1.82, 2.24) is 0 Å². The largest absolute Gasteiger partial charge is 0.465 e. The van der Waals surface area contributed by atoms with E-state index in [1.165, 1.54) is 4.90 Å². The van der Waals surface area contributed by atoms with E-state index in [-0.39, 0.29) is 19.2 Å². The number of benzene rings is 2. The van der Waals surface area contributed by atoms with Gasteiger partial charge in [-0.05, 0) is 31.2 Å². The zero-order chi connectivity index (χ0) is 15.8. The first-order chi connectivity index (χ1) is 10.7. The van der Waals surface area contributed by atoms with Gasteiger partial charge in [0.1, 0.15) is 6.54 Å². The maximum atomic E-state index is 12.5. The van der Waals surface area contributed by atoms with E-state index in [1.54, 1.807) is 31.2 Å². The number of para-hydroxylation sites is 2. The van der Waals surface area contributed by atoms with Crippen LogP contribution in [0.5, 0.6) is 0 Å². The molecular formula is C17H18N2O3. The van der Waals surface area contributed by atoms with Crippen LogP contribution >= 0.6 is 0 Å². The van der Waals surface area contributed by atoms with Crippen LogP contribution in [0, 0.1) is 0 Å². The van der Waals surface area contributed by atoms with Gasteiger partial charge in [0.2, 0.25) is 0 Å². The van der Waals surface area contributed by atoms with E-state index in [4.69, 9.17) is 4.74 Å². The Morgan fingerprint density at radius 3 is 2.18 bits per heavy atom. The van der Waals surface area contributed by atoms with Gasteiger partial charge < -0.3 is 10.1 Å². The monoisotopic (exact) mass is 298 g/mol. The second-order valence-electron chi connectivity index (χ2n) is 4.52. The van der Waals surface area contributed by atoms with Crippen molar-refractivity contribution in [1.29, 1.82) is 0 Å². The van der Waals surface area contributed by atoms with E-state index in [1.807, 2.05) is 36.4 Å². The molecule has 2 amide bonds. The highest BCUT2D eigenvalue weighted by Crippen LogP contribution is 2.15. The van der Waals surface area contributed by atoms with E-state index in [0.29, 0.717) is 11.4 Å². The third-order valence-corrected chi connectivity index (χ3v) is 2.93. The average molecular weight is 298 g/mol. The summed E-state index contributed by atoms with van der Waals surface area (Å²) in [6.45, 7) is 1.87. The number of hydrogen-bond donors (Lipinski definition) is 1. The molecule has 0 atom stereocenters. The fourth-order valence-corrected chi connectivity index (χ4v) is 1.94. The van der Waals surface area contributed by atoms with E-state index < -0.39 is 5.97 Å². The second kappa shape index (κ2) is 7.83. The Morgan fingerprint density at radius 1 is 1.00 bits per heavy atom. The van der Waals surface area contributed by atoms with Crippen LogP contribution in [0.2, 0.25) is 0 Å². The smallest absolute Gasteiger partial charge is 0.326 e. The van der Waals surface area contributed by atoms with Gasteiger partial charge >= 0.3 is 12.0 Å². The van der Waals surface area contributed by atoms with Crippen LogP contribution in [0.1, 0.15) is 6.92 Å². The highest BCUT2D eigenvalue weighted by molar-refractivity contribution is 6.04. The van der Waals surface area contributed by atoms with Crippen molar-refractivity contribution >= 4 is 23.4 Å². The third kappa shape index (κ3) is 4.34. The summed E-state index contributed by atoms with van der Waals surface area (Å²) in [6, 6.07) is 17.7. The number of urea groups is 1. The van der Waals surface area contributed by atoms with Crippen molar-refractivity contribution in [3.05, 3.63) is 60.7 Å². The minimum atomic E-state index is -0.449. The Labute approximate surface area is 129 Å². The normalized spacial score (nSPS) is 9.86. The lowest BCUT2D eigenvalue weighted by Crippen LogP contribution is -2.39. The van der Waals surface area contributed by atoms with Crippen LogP contribution in [0.4, 0.5) is 16.2 Å². The van der Waals surface area contributed by atoms with Crippen LogP contribution in [0.3, 0.4) is 0 Å². The molecule has 0 aliphatic heterocycles. The number of anilines is 2. The standard InChI is InChI=1S/C17H18N2O3/c1-2-22-16(20)13-19(15-11-7-4-8-12-15)17(21)18-14-9-5-3-6-10-14/h3-12H,2,13H2,1H3,(H,18,21). The predicted octanol–water partition coefficient (Wildman–Crippen LogP) is 3.29. The first-order valence-corrected chi connectivity index (χ1v) is 7.05. The van der Waals surface area contributed by atoms with Gasteiger partial charge in [-0.15, -0.1) is 0 Å². The van der Waals surface area contributed by atoms with Gasteiger partial charge in [0.15, 0.2) is 0 Å². The van der Waals surface area contributed by atoms with Gasteiger partial charge in [0.25, 0.3) is 0 Å². The summed E-state index contributed by atoms with van der Waals surface area (Å²) >= 11 is 0. The number of ether oxygens (including phenoxy) is 1. The first-order valence-electron chi connectivity index (χ1n) is 7.05. The molecule has 5 heteroatoms. The van der Waals surface area contributed by atoms with Crippen LogP contribution in [-0.4, -0.2) is 25.2 Å². The lowest BCUT2D eigenvalue weighted by molar-refractivity contribution is -0.141. The summed E-state index contributed by atoms with van der Waals surface area (Å²) in [4.78, 5) is 25.6. The topological polar surface area (TPSA) is 58.6 Å². The van der Waals surface area contributed by atoms with Crippen LogP contribution in [-0.2, 0) is 9.53 Å². The Balaban J connectivity index is 2.16. The summed E-state index contributed by atoms with van der Waals surface area (Å²) < 4.78 is 4.93. The number of hydrogen-bond acceptors (Lipinski definition) is 3. The zero-order valence-corrected chi connectivity index (χ0v) is 12.4. The number of nitrogens with one attached hydrogen (secondary N) is 1. The van der Waals surface area contributed by atoms with Gasteiger partial charge in [0.05, 0.1) is 6.61 Å². The first kappa shape index (κ1) is 15.6. The number of esters is 1. The molecule has 1 N–H and O–H groups in total. The number of carbonyl (C=O) groups is 2. The van der Waals surface area contributed by atoms with Crippen LogP contribution in [0.15, 0.2) is 60.7 Å². The minimum Gasteiger partial charge on any atom is -0.465 e. The maximum absolute atomic E-state index is 12.5. The van der Waals surface area contributed by atoms with Gasteiger partial charge in [0, 0.05) is 11.4 Å². The van der Waals surface area contributed by atoms with Gasteiger partial charge in [-0.2, -0.15) is 0 Å². The Morgan fingerprint density at radius 2 is 1.59 bits per heavy atom. The van der Waals surface area contributed by atoms with Gasteiger partial charge in [-0.1, -0.05) is 36.4 Å². The van der Waals surface area contributed by atoms with Crippen molar-refractivity contribution in [2.45, 2.75) is 6.92 Å². The molecule has 0 unspecified atom stereocenters. The summed E-state index contributed by atoms with van der Waals surface area (Å²) in [6.07, 6.45) is 0. The molecule has 2 rings (SSSR count). The highest BCUT2D eigenvalue weighted by atomic mass is 16.5. The molecule has 0 fully saturated rings. The van der Waals surface area contributed by atoms with E-state index >= 15 is 0 Å². The SMILES string of the molecule is CCOC(=O)CN(C(=O)Nc1ccccc1)c1ccccc1. The Bertz CT molecular complexity index is 614. The molecule has 0 heterocycles. The van der Waals surface area contributed by atoms with Crippen molar-refractivity contribution in [3.63, 3.8) is 0 Å². The average Bonchev–Trinajstić information content (AvgIpc) is 2.54. The van der Waals surface area contributed by atoms with E-state index in [0.717, 1.165) is 0 Å². The van der Waals surface area contributed by atoms with E-state index in [9.17, 15) is 9.59 Å². The molecule has 0 saturated heterocycles. The molecule has 2 aromatic rings. The highest BCUT2D eigenvalue weighted by Gasteiger charge is 2.19. The Hall–Kier alpha value is -2.82. The number of nitrogens with zero attached hydrogens (tertiary/aromatic N) is 1. The molecular weight excluding hydrogens is 280 g/mol. The number of rotatable bonds is 5. The second-order valence-corrected chi connectivity index (χ2v) is 4.52. The lowest BCUT2D eigenvalue weighted by atomic mass is 10.3. The summed E-state index contributed by atoms with van der Waals surface area (Å²) in [5, 5.41) is 2.77. The fraction of sp³-hybridized carbons (Fsp3) is 0.176. The third-order valence-electron chi connectivity index (χ3n) is 2.93. The summed E-state index contributed by atoms with van der Waals surface area (Å²) in [7, 11) is 0. The predicted molar refractivity (Wildman–Crippen MR) is 85.9 cm³/mol. The minimum absolute atomic E-state index is 0.142. The van der Waals surface area contributed by atoms with Crippen molar-refractivity contribution in [2.24, 2.45) is 0 Å². The molecule has 0 aliphatic carbocycles. The molecule has 0 aliphatic rings. The van der Waals surface area contributed by atoms with Gasteiger partial charge in [-0.25, -0.2) is 4.79 Å². The molecule has 0 spiro atoms. The summed E-state index contributed by atoms with van der Waals surface area (Å²) in [5.74, 6) is -0.449. The fourth-order valence-electron chi connectivity index (χ4n) is 1.94. The molecule has 5 nitrogen and oxygen atoms in total. The maximum Gasteiger partial charge on any atom is 0.326 e. The quantitative estimate of drug-likeness (QED) is 0.862. The molecule has 22 heavy (non-hydrogen) atoms. The molecule has 0 saturated carbocycles. The number of amides is 2. The molecule has 0 radical (unpaired) electrons. The zero-order valence-electron chi connectivity index (χ0n) is 12.4. The molecule has 0 bridgehead atoms. The van der Waals surface area contributed by atoms with Gasteiger partial charge in [-0.3, -0.25) is 9.69 Å². The van der Waals surface area contributed by atoms with Crippen molar-refractivity contribution in [3.8, 4) is 0 Å². The molecule has 2 aromatic carbocycles. The Kier molecular flexibility index (Phi) is 5.54. The van der Waals surface area contributed by atoms with Crippen LogP contribution in [0.25, 0.3) is 0 Å². The van der Waals surface area contributed by atoms with Crippen LogP contribution < -0.4 is 10.2 Å². The molecule has 114 valence electrons. The van der Waals surface area contributed by atoms with E-state index in [2.05, 4.69) is 5.32 Å².